The molecule has 13 heavy (non-hydrogen) atoms. The number of hydrogen-bond acceptors (Lipinski definition) is 2. The van der Waals surface area contributed by atoms with E-state index in [0.717, 1.165) is 6.42 Å². The molecule has 0 unspecified atom stereocenters. The third-order valence-electron chi connectivity index (χ3n) is 2.00. The van der Waals surface area contributed by atoms with E-state index in [-0.39, 0.29) is 18.4 Å². The Kier molecular flexibility index (Phi) is 3.49. The minimum Gasteiger partial charge on any atom is -0.347 e. The van der Waals surface area contributed by atoms with Gasteiger partial charge in [-0.05, 0) is 6.42 Å². The molecule has 1 heterocycles. The van der Waals surface area contributed by atoms with Crippen LogP contribution in [-0.4, -0.2) is 36.3 Å². The average Bonchev–Trinajstić information content (AvgIpc) is 2.28. The SMILES string of the molecule is C=CCCN1CCC(=O)NCC1=O. The zero-order chi connectivity index (χ0) is 9.68. The van der Waals surface area contributed by atoms with Crippen LogP contribution in [0.1, 0.15) is 12.8 Å². The Bertz CT molecular complexity index is 226. The quantitative estimate of drug-likeness (QED) is 0.620. The van der Waals surface area contributed by atoms with Crippen LogP contribution in [0.2, 0.25) is 0 Å². The van der Waals surface area contributed by atoms with E-state index >= 15 is 0 Å². The first-order valence-electron chi connectivity index (χ1n) is 4.39. The molecule has 0 aliphatic carbocycles. The molecule has 1 aliphatic rings. The van der Waals surface area contributed by atoms with Crippen molar-refractivity contribution in [3.05, 3.63) is 12.7 Å². The third kappa shape index (κ3) is 2.89. The number of rotatable bonds is 3. The molecule has 0 radical (unpaired) electrons. The number of nitrogens with one attached hydrogen (secondary N) is 1. The first kappa shape index (κ1) is 9.77. The Morgan fingerprint density at radius 1 is 1.54 bits per heavy atom. The third-order valence-corrected chi connectivity index (χ3v) is 2.00. The second-order valence-electron chi connectivity index (χ2n) is 2.98. The first-order valence-corrected chi connectivity index (χ1v) is 4.39. The molecule has 1 aliphatic heterocycles. The fourth-order valence-electron chi connectivity index (χ4n) is 1.22. The van der Waals surface area contributed by atoms with Crippen LogP contribution in [0.3, 0.4) is 0 Å². The van der Waals surface area contributed by atoms with Crippen molar-refractivity contribution < 1.29 is 9.59 Å². The van der Waals surface area contributed by atoms with Crippen molar-refractivity contribution in [3.8, 4) is 0 Å². The van der Waals surface area contributed by atoms with Crippen LogP contribution in [0.25, 0.3) is 0 Å². The Labute approximate surface area is 77.6 Å². The summed E-state index contributed by atoms with van der Waals surface area (Å²) in [5, 5.41) is 2.54. The van der Waals surface area contributed by atoms with E-state index in [4.69, 9.17) is 0 Å². The summed E-state index contributed by atoms with van der Waals surface area (Å²) in [6.07, 6.45) is 2.95. The summed E-state index contributed by atoms with van der Waals surface area (Å²) in [6, 6.07) is 0. The molecule has 0 atom stereocenters. The molecule has 1 rings (SSSR count). The Morgan fingerprint density at radius 2 is 2.31 bits per heavy atom. The van der Waals surface area contributed by atoms with Gasteiger partial charge in [-0.2, -0.15) is 0 Å². The summed E-state index contributed by atoms with van der Waals surface area (Å²) in [7, 11) is 0. The Balaban J connectivity index is 2.46. The maximum absolute atomic E-state index is 11.3. The van der Waals surface area contributed by atoms with Gasteiger partial charge in [-0.3, -0.25) is 9.59 Å². The van der Waals surface area contributed by atoms with Crippen molar-refractivity contribution in [2.75, 3.05) is 19.6 Å². The van der Waals surface area contributed by atoms with Crippen molar-refractivity contribution in [1.82, 2.24) is 10.2 Å². The lowest BCUT2D eigenvalue weighted by Crippen LogP contribution is -2.35. The highest BCUT2D eigenvalue weighted by Gasteiger charge is 2.18. The van der Waals surface area contributed by atoms with Gasteiger partial charge < -0.3 is 10.2 Å². The van der Waals surface area contributed by atoms with Crippen LogP contribution < -0.4 is 5.32 Å². The van der Waals surface area contributed by atoms with Gasteiger partial charge in [0.05, 0.1) is 6.54 Å². The van der Waals surface area contributed by atoms with Crippen LogP contribution in [0.4, 0.5) is 0 Å². The molecule has 0 aromatic carbocycles. The van der Waals surface area contributed by atoms with Gasteiger partial charge in [0.2, 0.25) is 11.8 Å². The average molecular weight is 182 g/mol. The smallest absolute Gasteiger partial charge is 0.241 e. The minimum atomic E-state index is -0.0468. The largest absolute Gasteiger partial charge is 0.347 e. The molecule has 4 heteroatoms. The van der Waals surface area contributed by atoms with Crippen LogP contribution >= 0.6 is 0 Å². The Hall–Kier alpha value is -1.32. The zero-order valence-corrected chi connectivity index (χ0v) is 7.58. The zero-order valence-electron chi connectivity index (χ0n) is 7.58. The highest BCUT2D eigenvalue weighted by Crippen LogP contribution is 1.99. The van der Waals surface area contributed by atoms with Gasteiger partial charge in [0, 0.05) is 19.5 Å². The lowest BCUT2D eigenvalue weighted by molar-refractivity contribution is -0.130. The lowest BCUT2D eigenvalue weighted by Gasteiger charge is -2.18. The summed E-state index contributed by atoms with van der Waals surface area (Å²) < 4.78 is 0. The van der Waals surface area contributed by atoms with E-state index in [2.05, 4.69) is 11.9 Å². The summed E-state index contributed by atoms with van der Waals surface area (Å²) >= 11 is 0. The molecule has 72 valence electrons. The van der Waals surface area contributed by atoms with Gasteiger partial charge in [-0.1, -0.05) is 6.08 Å². The van der Waals surface area contributed by atoms with Crippen LogP contribution in [0.5, 0.6) is 0 Å². The second-order valence-corrected chi connectivity index (χ2v) is 2.98. The van der Waals surface area contributed by atoms with Gasteiger partial charge >= 0.3 is 0 Å². The molecule has 0 aromatic rings. The molecule has 1 fully saturated rings. The monoisotopic (exact) mass is 182 g/mol. The van der Waals surface area contributed by atoms with Gasteiger partial charge in [0.1, 0.15) is 0 Å². The molecule has 0 saturated carbocycles. The highest BCUT2D eigenvalue weighted by atomic mass is 16.2. The predicted octanol–water partition coefficient (Wildman–Crippen LogP) is -0.0890. The molecule has 0 spiro atoms. The summed E-state index contributed by atoms with van der Waals surface area (Å²) in [4.78, 5) is 24.0. The molecule has 0 bridgehead atoms. The number of carbonyl (C=O) groups excluding carboxylic acids is 2. The maximum atomic E-state index is 11.3. The maximum Gasteiger partial charge on any atom is 0.241 e. The summed E-state index contributed by atoms with van der Waals surface area (Å²) in [5.41, 5.74) is 0. The van der Waals surface area contributed by atoms with Gasteiger partial charge in [-0.25, -0.2) is 0 Å². The number of nitrogens with zero attached hydrogens (tertiary/aromatic N) is 1. The van der Waals surface area contributed by atoms with Crippen molar-refractivity contribution in [1.29, 1.82) is 0 Å². The van der Waals surface area contributed by atoms with Gasteiger partial charge in [0.15, 0.2) is 0 Å². The molecular weight excluding hydrogens is 168 g/mol. The molecule has 2 amide bonds. The minimum absolute atomic E-state index is 0.00676. The topological polar surface area (TPSA) is 49.4 Å². The van der Waals surface area contributed by atoms with E-state index in [0.29, 0.717) is 19.5 Å². The normalized spacial score (nSPS) is 18.0. The van der Waals surface area contributed by atoms with Crippen LogP contribution in [0, 0.1) is 0 Å². The van der Waals surface area contributed by atoms with E-state index < -0.39 is 0 Å². The van der Waals surface area contributed by atoms with Crippen LogP contribution in [-0.2, 0) is 9.59 Å². The van der Waals surface area contributed by atoms with E-state index in [1.165, 1.54) is 0 Å². The fraction of sp³-hybridized carbons (Fsp3) is 0.556. The Morgan fingerprint density at radius 3 is 3.00 bits per heavy atom. The van der Waals surface area contributed by atoms with Crippen molar-refractivity contribution >= 4 is 11.8 Å². The van der Waals surface area contributed by atoms with Gasteiger partial charge in [0.25, 0.3) is 0 Å². The van der Waals surface area contributed by atoms with Crippen molar-refractivity contribution in [3.63, 3.8) is 0 Å². The predicted molar refractivity (Wildman–Crippen MR) is 49.0 cm³/mol. The molecule has 0 aromatic heterocycles. The first-order chi connectivity index (χ1) is 6.24. The number of carbonyl (C=O) groups is 2. The van der Waals surface area contributed by atoms with E-state index in [9.17, 15) is 9.59 Å². The molecule has 4 nitrogen and oxygen atoms in total. The molecule has 1 saturated heterocycles. The standard InChI is InChI=1S/C9H14N2O2/c1-2-3-5-11-6-4-8(12)10-7-9(11)13/h2H,1,3-7H2,(H,10,12). The second kappa shape index (κ2) is 4.64. The van der Waals surface area contributed by atoms with E-state index in [1.54, 1.807) is 11.0 Å². The highest BCUT2D eigenvalue weighted by molar-refractivity contribution is 5.87. The molecule has 1 N–H and O–H groups in total. The number of amides is 2. The van der Waals surface area contributed by atoms with Crippen molar-refractivity contribution in [2.45, 2.75) is 12.8 Å². The summed E-state index contributed by atoms with van der Waals surface area (Å²) in [5.74, 6) is -0.0536. The van der Waals surface area contributed by atoms with Crippen LogP contribution in [0.15, 0.2) is 12.7 Å². The van der Waals surface area contributed by atoms with Crippen molar-refractivity contribution in [2.24, 2.45) is 0 Å². The lowest BCUT2D eigenvalue weighted by atomic mass is 10.3. The number of hydrogen-bond donors (Lipinski definition) is 1. The molecular formula is C9H14N2O2. The summed E-state index contributed by atoms with van der Waals surface area (Å²) in [6.45, 7) is 4.91. The van der Waals surface area contributed by atoms with Gasteiger partial charge in [-0.15, -0.1) is 6.58 Å². The fourth-order valence-corrected chi connectivity index (χ4v) is 1.22. The van der Waals surface area contributed by atoms with E-state index in [1.807, 2.05) is 0 Å².